The van der Waals surface area contributed by atoms with Gasteiger partial charge in [-0.05, 0) is 18.4 Å². The fraction of sp³-hybridized carbons (Fsp3) is 0.333. The Morgan fingerprint density at radius 3 is 2.47 bits per heavy atom. The summed E-state index contributed by atoms with van der Waals surface area (Å²) < 4.78 is 0. The summed E-state index contributed by atoms with van der Waals surface area (Å²) in [5.41, 5.74) is 2.63. The van der Waals surface area contributed by atoms with E-state index >= 15 is 0 Å². The van der Waals surface area contributed by atoms with E-state index in [0.29, 0.717) is 6.54 Å². The van der Waals surface area contributed by atoms with Gasteiger partial charge in [-0.2, -0.15) is 0 Å². The van der Waals surface area contributed by atoms with Gasteiger partial charge >= 0.3 is 0 Å². The molecule has 1 aromatic carbocycles. The zero-order chi connectivity index (χ0) is 12.5. The van der Waals surface area contributed by atoms with Crippen molar-refractivity contribution in [2.45, 2.75) is 19.3 Å². The van der Waals surface area contributed by atoms with Crippen LogP contribution in [-0.4, -0.2) is 23.6 Å². The van der Waals surface area contributed by atoms with Gasteiger partial charge in [0.15, 0.2) is 0 Å². The second-order valence-corrected chi connectivity index (χ2v) is 3.65. The predicted molar refractivity (Wildman–Crippen MR) is 62.3 cm³/mol. The van der Waals surface area contributed by atoms with Crippen molar-refractivity contribution in [3.05, 3.63) is 35.9 Å². The van der Waals surface area contributed by atoms with Crippen LogP contribution in [0.1, 0.15) is 18.4 Å². The number of carbonyl (C=O) groups excluding carboxylic acids is 2. The molecule has 0 aliphatic heterocycles. The molecule has 0 heterocycles. The Labute approximate surface area is 99.8 Å². The third-order valence-corrected chi connectivity index (χ3v) is 2.25. The highest BCUT2D eigenvalue weighted by Gasteiger charge is 2.06. The van der Waals surface area contributed by atoms with E-state index in [9.17, 15) is 9.59 Å². The van der Waals surface area contributed by atoms with Crippen LogP contribution in [0.3, 0.4) is 0 Å². The number of rotatable bonds is 6. The zero-order valence-corrected chi connectivity index (χ0v) is 9.48. The Hall–Kier alpha value is -1.88. The molecule has 0 aromatic heterocycles. The Bertz CT molecular complexity index is 365. The van der Waals surface area contributed by atoms with Gasteiger partial charge in [-0.15, -0.1) is 0 Å². The van der Waals surface area contributed by atoms with E-state index < -0.39 is 5.91 Å². The molecule has 0 aliphatic carbocycles. The van der Waals surface area contributed by atoms with Gasteiger partial charge in [0.1, 0.15) is 6.42 Å². The standard InChI is InChI=1S/C12H16N2O3/c15-11(9-12(16)14-17)13-8-4-7-10-5-2-1-3-6-10/h1-3,5-6,17H,4,7-9H2,(H,13,15)(H,14,16). The van der Waals surface area contributed by atoms with Crippen molar-refractivity contribution in [1.29, 1.82) is 0 Å². The van der Waals surface area contributed by atoms with Crippen LogP contribution < -0.4 is 10.8 Å². The number of aryl methyl sites for hydroxylation is 1. The Morgan fingerprint density at radius 2 is 1.82 bits per heavy atom. The van der Waals surface area contributed by atoms with Crippen LogP contribution in [0.25, 0.3) is 0 Å². The SMILES string of the molecule is O=C(CC(=O)NCCCc1ccccc1)NO. The number of amides is 2. The average molecular weight is 236 g/mol. The first-order chi connectivity index (χ1) is 8.22. The van der Waals surface area contributed by atoms with Crippen molar-refractivity contribution >= 4 is 11.8 Å². The van der Waals surface area contributed by atoms with Crippen molar-refractivity contribution in [3.8, 4) is 0 Å². The fourth-order valence-corrected chi connectivity index (χ4v) is 1.41. The van der Waals surface area contributed by atoms with Crippen LogP contribution in [0.15, 0.2) is 30.3 Å². The van der Waals surface area contributed by atoms with E-state index in [1.807, 2.05) is 30.3 Å². The third-order valence-electron chi connectivity index (χ3n) is 2.25. The van der Waals surface area contributed by atoms with Crippen LogP contribution in [0, 0.1) is 0 Å². The molecule has 1 rings (SSSR count). The molecule has 5 heteroatoms. The molecule has 3 N–H and O–H groups in total. The maximum atomic E-state index is 11.1. The Kier molecular flexibility index (Phi) is 5.74. The van der Waals surface area contributed by atoms with Gasteiger partial charge in [-0.1, -0.05) is 30.3 Å². The van der Waals surface area contributed by atoms with Crippen molar-refractivity contribution in [1.82, 2.24) is 10.8 Å². The fourth-order valence-electron chi connectivity index (χ4n) is 1.41. The summed E-state index contributed by atoms with van der Waals surface area (Å²) in [6, 6.07) is 9.96. The molecule has 0 aliphatic rings. The number of hydrogen-bond acceptors (Lipinski definition) is 3. The van der Waals surface area contributed by atoms with Crippen LogP contribution >= 0.6 is 0 Å². The topological polar surface area (TPSA) is 78.4 Å². The maximum absolute atomic E-state index is 11.1. The van der Waals surface area contributed by atoms with Crippen LogP contribution in [0.2, 0.25) is 0 Å². The largest absolute Gasteiger partial charge is 0.356 e. The average Bonchev–Trinajstić information content (AvgIpc) is 2.36. The van der Waals surface area contributed by atoms with Crippen LogP contribution in [0.5, 0.6) is 0 Å². The molecule has 17 heavy (non-hydrogen) atoms. The molecule has 92 valence electrons. The summed E-state index contributed by atoms with van der Waals surface area (Å²) in [4.78, 5) is 21.8. The van der Waals surface area contributed by atoms with Gasteiger partial charge in [0, 0.05) is 6.54 Å². The molecule has 0 spiro atoms. The Balaban J connectivity index is 2.12. The molecular weight excluding hydrogens is 220 g/mol. The molecule has 0 atom stereocenters. The minimum atomic E-state index is -0.703. The summed E-state index contributed by atoms with van der Waals surface area (Å²) in [5.74, 6) is -1.09. The molecule has 0 unspecified atom stereocenters. The van der Waals surface area contributed by atoms with Gasteiger partial charge in [-0.3, -0.25) is 14.8 Å². The lowest BCUT2D eigenvalue weighted by Gasteiger charge is -2.04. The lowest BCUT2D eigenvalue weighted by Crippen LogP contribution is -2.31. The number of hydroxylamine groups is 1. The minimum Gasteiger partial charge on any atom is -0.356 e. The van der Waals surface area contributed by atoms with Gasteiger partial charge in [0.25, 0.3) is 5.91 Å². The summed E-state index contributed by atoms with van der Waals surface area (Å²) in [5, 5.41) is 10.8. The summed E-state index contributed by atoms with van der Waals surface area (Å²) in [6.45, 7) is 0.520. The first-order valence-corrected chi connectivity index (χ1v) is 5.46. The maximum Gasteiger partial charge on any atom is 0.252 e. The molecule has 0 fully saturated rings. The van der Waals surface area contributed by atoms with Crippen molar-refractivity contribution < 1.29 is 14.8 Å². The normalized spacial score (nSPS) is 9.71. The first-order valence-electron chi connectivity index (χ1n) is 5.46. The third kappa shape index (κ3) is 5.67. The van der Waals surface area contributed by atoms with E-state index in [-0.39, 0.29) is 12.3 Å². The number of hydrogen-bond donors (Lipinski definition) is 3. The molecule has 0 saturated heterocycles. The minimum absolute atomic E-state index is 0.345. The molecule has 0 saturated carbocycles. The highest BCUT2D eigenvalue weighted by atomic mass is 16.5. The van der Waals surface area contributed by atoms with Crippen molar-refractivity contribution in [2.24, 2.45) is 0 Å². The van der Waals surface area contributed by atoms with Gasteiger partial charge in [0.05, 0.1) is 0 Å². The van der Waals surface area contributed by atoms with Crippen molar-refractivity contribution in [3.63, 3.8) is 0 Å². The smallest absolute Gasteiger partial charge is 0.252 e. The van der Waals surface area contributed by atoms with Crippen LogP contribution in [0.4, 0.5) is 0 Å². The highest BCUT2D eigenvalue weighted by Crippen LogP contribution is 2.01. The predicted octanol–water partition coefficient (Wildman–Crippen LogP) is 0.631. The van der Waals surface area contributed by atoms with E-state index in [1.54, 1.807) is 0 Å². The molecule has 5 nitrogen and oxygen atoms in total. The van der Waals surface area contributed by atoms with E-state index in [2.05, 4.69) is 5.32 Å². The monoisotopic (exact) mass is 236 g/mol. The molecule has 1 aromatic rings. The Morgan fingerprint density at radius 1 is 1.12 bits per heavy atom. The zero-order valence-electron chi connectivity index (χ0n) is 9.48. The summed E-state index contributed by atoms with van der Waals surface area (Å²) in [7, 11) is 0. The van der Waals surface area contributed by atoms with E-state index in [0.717, 1.165) is 12.8 Å². The molecule has 2 amide bonds. The number of nitrogens with one attached hydrogen (secondary N) is 2. The van der Waals surface area contributed by atoms with Gasteiger partial charge in [-0.25, -0.2) is 5.48 Å². The first kappa shape index (κ1) is 13.2. The quantitative estimate of drug-likeness (QED) is 0.293. The number of benzene rings is 1. The second-order valence-electron chi connectivity index (χ2n) is 3.65. The molecular formula is C12H16N2O3. The second kappa shape index (κ2) is 7.40. The lowest BCUT2D eigenvalue weighted by atomic mass is 10.1. The van der Waals surface area contributed by atoms with Gasteiger partial charge < -0.3 is 5.32 Å². The molecule has 0 bridgehead atoms. The number of carbonyl (C=O) groups is 2. The van der Waals surface area contributed by atoms with E-state index in [1.165, 1.54) is 11.0 Å². The van der Waals surface area contributed by atoms with E-state index in [4.69, 9.17) is 5.21 Å². The van der Waals surface area contributed by atoms with Gasteiger partial charge in [0.2, 0.25) is 5.91 Å². The summed E-state index contributed by atoms with van der Waals surface area (Å²) >= 11 is 0. The highest BCUT2D eigenvalue weighted by molar-refractivity contribution is 5.96. The summed E-state index contributed by atoms with van der Waals surface area (Å²) in [6.07, 6.45) is 1.35. The van der Waals surface area contributed by atoms with Crippen molar-refractivity contribution in [2.75, 3.05) is 6.54 Å². The lowest BCUT2D eigenvalue weighted by molar-refractivity contribution is -0.134. The van der Waals surface area contributed by atoms with Crippen LogP contribution in [-0.2, 0) is 16.0 Å². The molecule has 0 radical (unpaired) electrons.